The van der Waals surface area contributed by atoms with Crippen LogP contribution in [0.2, 0.25) is 0 Å². The van der Waals surface area contributed by atoms with E-state index in [9.17, 15) is 9.90 Å². The molecule has 1 aliphatic rings. The molecule has 0 aliphatic heterocycles. The van der Waals surface area contributed by atoms with Crippen molar-refractivity contribution in [1.29, 1.82) is 0 Å². The van der Waals surface area contributed by atoms with Crippen LogP contribution in [0.15, 0.2) is 4.52 Å². The lowest BCUT2D eigenvalue weighted by Crippen LogP contribution is -2.45. The minimum absolute atomic E-state index is 0.0637. The second-order valence-corrected chi connectivity index (χ2v) is 5.38. The van der Waals surface area contributed by atoms with Gasteiger partial charge in [-0.2, -0.15) is 4.98 Å². The van der Waals surface area contributed by atoms with Gasteiger partial charge in [0.05, 0.1) is 12.1 Å². The number of aromatic nitrogens is 2. The maximum Gasteiger partial charge on any atom is 0.227 e. The highest BCUT2D eigenvalue weighted by Crippen LogP contribution is 2.18. The molecule has 2 rings (SSSR count). The minimum atomic E-state index is -0.410. The number of nitrogens with zero attached hydrogens (tertiary/aromatic N) is 2. The van der Waals surface area contributed by atoms with E-state index in [2.05, 4.69) is 22.4 Å². The molecule has 2 N–H and O–H groups in total. The highest BCUT2D eigenvalue weighted by molar-refractivity contribution is 5.76. The van der Waals surface area contributed by atoms with Crippen molar-refractivity contribution in [2.45, 2.75) is 70.4 Å². The number of hydrogen-bond acceptors (Lipinski definition) is 5. The molecular formula is C14H23N3O3. The summed E-state index contributed by atoms with van der Waals surface area (Å²) in [5, 5.41) is 16.6. The summed E-state index contributed by atoms with van der Waals surface area (Å²) in [5.41, 5.74) is 0. The molecule has 0 saturated heterocycles. The summed E-state index contributed by atoms with van der Waals surface area (Å²) < 4.78 is 5.09. The van der Waals surface area contributed by atoms with E-state index < -0.39 is 6.10 Å². The van der Waals surface area contributed by atoms with Gasteiger partial charge in [-0.15, -0.1) is 0 Å². The predicted octanol–water partition coefficient (Wildman–Crippen LogP) is 1.37. The van der Waals surface area contributed by atoms with Crippen molar-refractivity contribution in [3.8, 4) is 0 Å². The van der Waals surface area contributed by atoms with Gasteiger partial charge in [0.2, 0.25) is 11.8 Å². The zero-order chi connectivity index (χ0) is 14.4. The Labute approximate surface area is 118 Å². The molecule has 6 heteroatoms. The van der Waals surface area contributed by atoms with Gasteiger partial charge in [0.25, 0.3) is 0 Å². The molecule has 0 bridgehead atoms. The second kappa shape index (κ2) is 7.38. The van der Waals surface area contributed by atoms with Crippen molar-refractivity contribution < 1.29 is 14.4 Å². The Morgan fingerprint density at radius 1 is 1.40 bits per heavy atom. The van der Waals surface area contributed by atoms with Gasteiger partial charge in [0.15, 0.2) is 5.82 Å². The van der Waals surface area contributed by atoms with E-state index in [1.165, 1.54) is 0 Å². The van der Waals surface area contributed by atoms with Gasteiger partial charge in [0, 0.05) is 19.3 Å². The molecule has 2 unspecified atom stereocenters. The second-order valence-electron chi connectivity index (χ2n) is 5.38. The van der Waals surface area contributed by atoms with E-state index in [1.807, 2.05) is 0 Å². The molecule has 0 spiro atoms. The van der Waals surface area contributed by atoms with Crippen molar-refractivity contribution in [3.05, 3.63) is 11.7 Å². The first-order valence-corrected chi connectivity index (χ1v) is 7.48. The molecule has 6 nitrogen and oxygen atoms in total. The average Bonchev–Trinajstić information content (AvgIpc) is 2.87. The predicted molar refractivity (Wildman–Crippen MR) is 73.0 cm³/mol. The van der Waals surface area contributed by atoms with Gasteiger partial charge >= 0.3 is 0 Å². The van der Waals surface area contributed by atoms with Crippen molar-refractivity contribution in [2.24, 2.45) is 0 Å². The van der Waals surface area contributed by atoms with Crippen molar-refractivity contribution in [2.75, 3.05) is 0 Å². The molecule has 0 radical (unpaired) electrons. The van der Waals surface area contributed by atoms with Gasteiger partial charge in [-0.1, -0.05) is 24.9 Å². The quantitative estimate of drug-likeness (QED) is 0.822. The first-order valence-electron chi connectivity index (χ1n) is 7.48. The van der Waals surface area contributed by atoms with E-state index in [-0.39, 0.29) is 11.9 Å². The largest absolute Gasteiger partial charge is 0.391 e. The highest BCUT2D eigenvalue weighted by Gasteiger charge is 2.24. The molecule has 1 heterocycles. The lowest BCUT2D eigenvalue weighted by atomic mass is 9.92. The number of nitrogens with one attached hydrogen (secondary N) is 1. The molecule has 1 aliphatic carbocycles. The van der Waals surface area contributed by atoms with Crippen molar-refractivity contribution in [3.63, 3.8) is 0 Å². The monoisotopic (exact) mass is 281 g/mol. The maximum atomic E-state index is 11.9. The lowest BCUT2D eigenvalue weighted by Gasteiger charge is -2.28. The van der Waals surface area contributed by atoms with E-state index in [1.54, 1.807) is 0 Å². The maximum absolute atomic E-state index is 11.9. The molecule has 20 heavy (non-hydrogen) atoms. The Hall–Kier alpha value is -1.43. The minimum Gasteiger partial charge on any atom is -0.391 e. The van der Waals surface area contributed by atoms with E-state index >= 15 is 0 Å². The standard InChI is InChI=1S/C14H23N3O3/c1-2-5-12-16-14(20-17-12)9-8-13(19)15-10-6-3-4-7-11(10)18/h10-11,18H,2-9H2,1H3,(H,15,19). The Bertz CT molecular complexity index is 433. The molecular weight excluding hydrogens is 258 g/mol. The zero-order valence-electron chi connectivity index (χ0n) is 12.0. The number of hydrogen-bond donors (Lipinski definition) is 2. The van der Waals surface area contributed by atoms with Crippen molar-refractivity contribution in [1.82, 2.24) is 15.5 Å². The average molecular weight is 281 g/mol. The third-order valence-corrected chi connectivity index (χ3v) is 3.63. The zero-order valence-corrected chi connectivity index (χ0v) is 12.0. The van der Waals surface area contributed by atoms with Gasteiger partial charge in [0.1, 0.15) is 0 Å². The summed E-state index contributed by atoms with van der Waals surface area (Å²) in [6, 6.07) is -0.102. The normalized spacial score (nSPS) is 22.7. The molecule has 1 fully saturated rings. The molecule has 2 atom stereocenters. The molecule has 1 aromatic rings. The van der Waals surface area contributed by atoms with Gasteiger partial charge < -0.3 is 14.9 Å². The lowest BCUT2D eigenvalue weighted by molar-refractivity contribution is -0.123. The first-order chi connectivity index (χ1) is 9.69. The van der Waals surface area contributed by atoms with E-state index in [0.29, 0.717) is 24.6 Å². The summed E-state index contributed by atoms with van der Waals surface area (Å²) in [6.07, 6.45) is 5.85. The topological polar surface area (TPSA) is 88.2 Å². The van der Waals surface area contributed by atoms with Gasteiger partial charge in [-0.05, 0) is 19.3 Å². The van der Waals surface area contributed by atoms with Crippen LogP contribution in [-0.4, -0.2) is 33.3 Å². The van der Waals surface area contributed by atoms with Crippen molar-refractivity contribution >= 4 is 5.91 Å². The molecule has 1 saturated carbocycles. The van der Waals surface area contributed by atoms with Crippen LogP contribution in [0.4, 0.5) is 0 Å². The summed E-state index contributed by atoms with van der Waals surface area (Å²) in [7, 11) is 0. The van der Waals surface area contributed by atoms with Crippen LogP contribution in [0.25, 0.3) is 0 Å². The number of carbonyl (C=O) groups is 1. The summed E-state index contributed by atoms with van der Waals surface area (Å²) in [4.78, 5) is 16.1. The number of aliphatic hydroxyl groups is 1. The van der Waals surface area contributed by atoms with Crippen LogP contribution < -0.4 is 5.32 Å². The Morgan fingerprint density at radius 2 is 2.20 bits per heavy atom. The molecule has 1 aromatic heterocycles. The fourth-order valence-electron chi connectivity index (χ4n) is 2.50. The fraction of sp³-hybridized carbons (Fsp3) is 0.786. The smallest absolute Gasteiger partial charge is 0.227 e. The van der Waals surface area contributed by atoms with Crippen LogP contribution in [0.5, 0.6) is 0 Å². The highest BCUT2D eigenvalue weighted by atomic mass is 16.5. The number of aliphatic hydroxyl groups excluding tert-OH is 1. The van der Waals surface area contributed by atoms with Crippen LogP contribution in [0.3, 0.4) is 0 Å². The van der Waals surface area contributed by atoms with Gasteiger partial charge in [-0.25, -0.2) is 0 Å². The molecule has 0 aromatic carbocycles. The summed E-state index contributed by atoms with van der Waals surface area (Å²) >= 11 is 0. The number of carbonyl (C=O) groups excluding carboxylic acids is 1. The SMILES string of the molecule is CCCc1noc(CCC(=O)NC2CCCCC2O)n1. The third kappa shape index (κ3) is 4.30. The van der Waals surface area contributed by atoms with E-state index in [0.717, 1.165) is 38.5 Å². The van der Waals surface area contributed by atoms with Crippen LogP contribution in [-0.2, 0) is 17.6 Å². The molecule has 1 amide bonds. The third-order valence-electron chi connectivity index (χ3n) is 3.63. The number of aryl methyl sites for hydroxylation is 2. The summed E-state index contributed by atoms with van der Waals surface area (Å²) in [5.74, 6) is 1.14. The van der Waals surface area contributed by atoms with E-state index in [4.69, 9.17) is 4.52 Å². The molecule has 112 valence electrons. The first kappa shape index (κ1) is 15.0. The summed E-state index contributed by atoms with van der Waals surface area (Å²) in [6.45, 7) is 2.05. The Balaban J connectivity index is 1.73. The van der Waals surface area contributed by atoms with Crippen LogP contribution in [0.1, 0.15) is 57.2 Å². The van der Waals surface area contributed by atoms with Gasteiger partial charge in [-0.3, -0.25) is 4.79 Å². The Morgan fingerprint density at radius 3 is 2.95 bits per heavy atom. The Kier molecular flexibility index (Phi) is 5.52. The van der Waals surface area contributed by atoms with Crippen LogP contribution in [0, 0.1) is 0 Å². The fourth-order valence-corrected chi connectivity index (χ4v) is 2.50. The van der Waals surface area contributed by atoms with Crippen LogP contribution >= 0.6 is 0 Å². The number of amides is 1. The number of rotatable bonds is 6.